The molecule has 1 aliphatic rings. The summed E-state index contributed by atoms with van der Waals surface area (Å²) in [4.78, 5) is 4.80. The van der Waals surface area contributed by atoms with E-state index in [1.165, 1.54) is 31.5 Å². The second-order valence-corrected chi connectivity index (χ2v) is 5.64. The molecule has 3 nitrogen and oxygen atoms in total. The molecule has 17 heavy (non-hydrogen) atoms. The number of aromatic nitrogens is 2. The van der Waals surface area contributed by atoms with E-state index in [1.54, 1.807) is 0 Å². The van der Waals surface area contributed by atoms with Crippen molar-refractivity contribution >= 4 is 5.82 Å². The predicted molar refractivity (Wildman–Crippen MR) is 72.1 cm³/mol. The first kappa shape index (κ1) is 12.5. The van der Waals surface area contributed by atoms with Gasteiger partial charge in [0.1, 0.15) is 11.6 Å². The summed E-state index contributed by atoms with van der Waals surface area (Å²) in [6.07, 6.45) is 6.22. The maximum Gasteiger partial charge on any atom is 0.126 e. The molecule has 1 saturated carbocycles. The van der Waals surface area contributed by atoms with Gasteiger partial charge in [0.2, 0.25) is 0 Å². The molecular weight excluding hydrogens is 210 g/mol. The quantitative estimate of drug-likeness (QED) is 0.869. The summed E-state index contributed by atoms with van der Waals surface area (Å²) in [6, 6.07) is 0. The normalized spacial score (nSPS) is 17.2. The van der Waals surface area contributed by atoms with Crippen molar-refractivity contribution in [1.29, 1.82) is 0 Å². The molecule has 1 aromatic rings. The Balaban J connectivity index is 2.34. The zero-order chi connectivity index (χ0) is 12.4. The highest BCUT2D eigenvalue weighted by molar-refractivity contribution is 5.39. The van der Waals surface area contributed by atoms with Crippen molar-refractivity contribution < 1.29 is 0 Å². The molecule has 2 N–H and O–H groups in total. The highest BCUT2D eigenvalue weighted by Gasteiger charge is 2.24. The lowest BCUT2D eigenvalue weighted by Gasteiger charge is -2.15. The minimum atomic E-state index is 0.622. The molecule has 0 atom stereocenters. The molecule has 0 saturated heterocycles. The van der Waals surface area contributed by atoms with Crippen LogP contribution in [0.1, 0.15) is 63.9 Å². The van der Waals surface area contributed by atoms with Crippen LogP contribution in [0.3, 0.4) is 0 Å². The molecule has 1 heterocycles. The Kier molecular flexibility index (Phi) is 3.75. The van der Waals surface area contributed by atoms with Crippen LogP contribution in [0, 0.1) is 5.92 Å². The Hall–Kier alpha value is -0.990. The Morgan fingerprint density at radius 1 is 1.35 bits per heavy atom. The van der Waals surface area contributed by atoms with Gasteiger partial charge < -0.3 is 10.3 Å². The Morgan fingerprint density at radius 3 is 2.53 bits per heavy atom. The summed E-state index contributed by atoms with van der Waals surface area (Å²) in [5, 5.41) is 0. The number of aryl methyl sites for hydroxylation is 1. The topological polar surface area (TPSA) is 43.8 Å². The molecule has 1 aromatic heterocycles. The largest absolute Gasteiger partial charge is 0.384 e. The van der Waals surface area contributed by atoms with Gasteiger partial charge in [-0.15, -0.1) is 0 Å². The Morgan fingerprint density at radius 2 is 2.00 bits per heavy atom. The number of hydrogen-bond donors (Lipinski definition) is 1. The van der Waals surface area contributed by atoms with E-state index >= 15 is 0 Å². The number of anilines is 1. The van der Waals surface area contributed by atoms with Gasteiger partial charge in [-0.05, 0) is 25.2 Å². The van der Waals surface area contributed by atoms with Crippen LogP contribution < -0.4 is 5.73 Å². The second-order valence-electron chi connectivity index (χ2n) is 5.64. The Labute approximate surface area is 104 Å². The third kappa shape index (κ3) is 2.48. The maximum atomic E-state index is 6.23. The molecule has 0 bridgehead atoms. The summed E-state index contributed by atoms with van der Waals surface area (Å²) in [5.41, 5.74) is 7.32. The number of nitrogens with zero attached hydrogens (tertiary/aromatic N) is 2. The van der Waals surface area contributed by atoms with Gasteiger partial charge in [0.05, 0.1) is 5.69 Å². The van der Waals surface area contributed by atoms with Crippen LogP contribution in [0.4, 0.5) is 5.82 Å². The molecule has 2 rings (SSSR count). The van der Waals surface area contributed by atoms with Crippen molar-refractivity contribution in [3.8, 4) is 0 Å². The van der Waals surface area contributed by atoms with Gasteiger partial charge in [0.15, 0.2) is 0 Å². The number of nitrogen functional groups attached to an aromatic ring is 1. The SMILES string of the molecule is CCc1nc(C2CCCC2)n(CC(C)C)c1N. The van der Waals surface area contributed by atoms with Crippen molar-refractivity contribution in [2.75, 3.05) is 5.73 Å². The molecule has 0 aromatic carbocycles. The third-order valence-electron chi connectivity index (χ3n) is 3.72. The minimum Gasteiger partial charge on any atom is -0.384 e. The molecule has 96 valence electrons. The van der Waals surface area contributed by atoms with Gasteiger partial charge in [0.25, 0.3) is 0 Å². The summed E-state index contributed by atoms with van der Waals surface area (Å²) < 4.78 is 2.28. The minimum absolute atomic E-state index is 0.622. The van der Waals surface area contributed by atoms with Gasteiger partial charge in [-0.25, -0.2) is 4.98 Å². The van der Waals surface area contributed by atoms with E-state index in [9.17, 15) is 0 Å². The van der Waals surface area contributed by atoms with Crippen molar-refractivity contribution in [2.24, 2.45) is 5.92 Å². The van der Waals surface area contributed by atoms with E-state index in [0.717, 1.165) is 24.5 Å². The molecule has 1 aliphatic carbocycles. The molecule has 0 amide bonds. The fraction of sp³-hybridized carbons (Fsp3) is 0.786. The highest BCUT2D eigenvalue weighted by atomic mass is 15.1. The molecule has 1 fully saturated rings. The zero-order valence-corrected chi connectivity index (χ0v) is 11.4. The monoisotopic (exact) mass is 235 g/mol. The summed E-state index contributed by atoms with van der Waals surface area (Å²) in [5.74, 6) is 3.43. The molecule has 0 unspecified atom stereocenters. The number of nitrogens with two attached hydrogens (primary N) is 1. The fourth-order valence-electron chi connectivity index (χ4n) is 2.85. The lowest BCUT2D eigenvalue weighted by atomic mass is 10.1. The van der Waals surface area contributed by atoms with Gasteiger partial charge in [0, 0.05) is 12.5 Å². The summed E-state index contributed by atoms with van der Waals surface area (Å²) >= 11 is 0. The van der Waals surface area contributed by atoms with Crippen LogP contribution in [-0.2, 0) is 13.0 Å². The summed E-state index contributed by atoms with van der Waals surface area (Å²) in [6.45, 7) is 7.62. The molecule has 0 radical (unpaired) electrons. The van der Waals surface area contributed by atoms with E-state index in [0.29, 0.717) is 11.8 Å². The highest BCUT2D eigenvalue weighted by Crippen LogP contribution is 2.35. The molecule has 0 aliphatic heterocycles. The van der Waals surface area contributed by atoms with Crippen LogP contribution in [0.5, 0.6) is 0 Å². The number of imidazole rings is 1. The van der Waals surface area contributed by atoms with Crippen LogP contribution in [0.25, 0.3) is 0 Å². The van der Waals surface area contributed by atoms with Crippen molar-refractivity contribution in [3.05, 3.63) is 11.5 Å². The van der Waals surface area contributed by atoms with Crippen LogP contribution in [-0.4, -0.2) is 9.55 Å². The molecular formula is C14H25N3. The van der Waals surface area contributed by atoms with E-state index in [-0.39, 0.29) is 0 Å². The van der Waals surface area contributed by atoms with E-state index < -0.39 is 0 Å². The fourth-order valence-corrected chi connectivity index (χ4v) is 2.85. The van der Waals surface area contributed by atoms with Crippen LogP contribution in [0.15, 0.2) is 0 Å². The molecule has 3 heteroatoms. The average Bonchev–Trinajstić information content (AvgIpc) is 2.88. The summed E-state index contributed by atoms with van der Waals surface area (Å²) in [7, 11) is 0. The first-order valence-corrected chi connectivity index (χ1v) is 6.98. The van der Waals surface area contributed by atoms with E-state index in [4.69, 9.17) is 10.7 Å². The average molecular weight is 235 g/mol. The van der Waals surface area contributed by atoms with Crippen LogP contribution in [0.2, 0.25) is 0 Å². The van der Waals surface area contributed by atoms with Gasteiger partial charge in [-0.1, -0.05) is 33.6 Å². The van der Waals surface area contributed by atoms with Crippen molar-refractivity contribution in [3.63, 3.8) is 0 Å². The van der Waals surface area contributed by atoms with Crippen molar-refractivity contribution in [2.45, 2.75) is 65.3 Å². The second kappa shape index (κ2) is 5.11. The standard InChI is InChI=1S/C14H25N3/c1-4-12-13(15)17(9-10(2)3)14(16-12)11-7-5-6-8-11/h10-11H,4-9,15H2,1-3H3. The van der Waals surface area contributed by atoms with E-state index in [2.05, 4.69) is 25.3 Å². The number of rotatable bonds is 4. The first-order chi connectivity index (χ1) is 8.13. The lowest BCUT2D eigenvalue weighted by Crippen LogP contribution is -2.13. The van der Waals surface area contributed by atoms with E-state index in [1.807, 2.05) is 0 Å². The zero-order valence-electron chi connectivity index (χ0n) is 11.4. The van der Waals surface area contributed by atoms with Crippen molar-refractivity contribution in [1.82, 2.24) is 9.55 Å². The maximum absolute atomic E-state index is 6.23. The van der Waals surface area contributed by atoms with Gasteiger partial charge >= 0.3 is 0 Å². The predicted octanol–water partition coefficient (Wildman–Crippen LogP) is 3.34. The van der Waals surface area contributed by atoms with Gasteiger partial charge in [-0.3, -0.25) is 0 Å². The molecule has 0 spiro atoms. The van der Waals surface area contributed by atoms with Gasteiger partial charge in [-0.2, -0.15) is 0 Å². The Bertz CT molecular complexity index is 373. The van der Waals surface area contributed by atoms with Crippen LogP contribution >= 0.6 is 0 Å². The number of hydrogen-bond acceptors (Lipinski definition) is 2. The first-order valence-electron chi connectivity index (χ1n) is 6.98. The third-order valence-corrected chi connectivity index (χ3v) is 3.72. The smallest absolute Gasteiger partial charge is 0.126 e. The lowest BCUT2D eigenvalue weighted by molar-refractivity contribution is 0.492.